The Morgan fingerprint density at radius 3 is 2.94 bits per heavy atom. The van der Waals surface area contributed by atoms with E-state index in [0.29, 0.717) is 31.2 Å². The first kappa shape index (κ1) is 12.4. The maximum absolute atomic E-state index is 12.0. The first-order valence-electron chi connectivity index (χ1n) is 6.63. The van der Waals surface area contributed by atoms with Crippen LogP contribution in [0.5, 0.6) is 0 Å². The summed E-state index contributed by atoms with van der Waals surface area (Å²) < 4.78 is 0. The molecule has 0 radical (unpaired) electrons. The molecule has 0 aromatic heterocycles. The first-order valence-corrected chi connectivity index (χ1v) is 6.63. The third-order valence-corrected chi connectivity index (χ3v) is 3.70. The second kappa shape index (κ2) is 5.07. The standard InChI is InChI=1S/C13H22N2O2/c1-9(2)6-13(17)15-7-10-4-3-5-12(16)14-11(10)8-15/h9-11H,3-8H2,1-2H3,(H,14,16)/t10-,11+/m1/s1. The fraction of sp³-hybridized carbons (Fsp3) is 0.846. The van der Waals surface area contributed by atoms with Crippen LogP contribution in [0.15, 0.2) is 0 Å². The van der Waals surface area contributed by atoms with Gasteiger partial charge in [0.25, 0.3) is 0 Å². The van der Waals surface area contributed by atoms with Crippen LogP contribution in [0.4, 0.5) is 0 Å². The van der Waals surface area contributed by atoms with Crippen molar-refractivity contribution < 1.29 is 9.59 Å². The van der Waals surface area contributed by atoms with Gasteiger partial charge in [0.15, 0.2) is 0 Å². The van der Waals surface area contributed by atoms with Gasteiger partial charge in [-0.3, -0.25) is 9.59 Å². The molecule has 0 saturated carbocycles. The Labute approximate surface area is 103 Å². The van der Waals surface area contributed by atoms with Crippen LogP contribution >= 0.6 is 0 Å². The van der Waals surface area contributed by atoms with Gasteiger partial charge >= 0.3 is 0 Å². The van der Waals surface area contributed by atoms with Gasteiger partial charge in [0.2, 0.25) is 11.8 Å². The molecule has 2 aliphatic rings. The van der Waals surface area contributed by atoms with Gasteiger partial charge in [0, 0.05) is 25.9 Å². The molecule has 0 spiro atoms. The van der Waals surface area contributed by atoms with E-state index in [1.807, 2.05) is 4.90 Å². The zero-order valence-corrected chi connectivity index (χ0v) is 10.7. The zero-order valence-electron chi connectivity index (χ0n) is 10.7. The van der Waals surface area contributed by atoms with Gasteiger partial charge in [0.05, 0.1) is 6.04 Å². The molecule has 2 fully saturated rings. The minimum atomic E-state index is 0.149. The van der Waals surface area contributed by atoms with Crippen molar-refractivity contribution in [3.8, 4) is 0 Å². The van der Waals surface area contributed by atoms with Gasteiger partial charge in [-0.25, -0.2) is 0 Å². The number of rotatable bonds is 2. The lowest BCUT2D eigenvalue weighted by molar-refractivity contribution is -0.131. The number of amides is 2. The molecule has 0 bridgehead atoms. The lowest BCUT2D eigenvalue weighted by Crippen LogP contribution is -2.39. The van der Waals surface area contributed by atoms with Gasteiger partial charge in [-0.1, -0.05) is 13.8 Å². The third kappa shape index (κ3) is 2.99. The van der Waals surface area contributed by atoms with Gasteiger partial charge in [-0.2, -0.15) is 0 Å². The topological polar surface area (TPSA) is 49.4 Å². The van der Waals surface area contributed by atoms with E-state index in [-0.39, 0.29) is 17.9 Å². The number of nitrogens with zero attached hydrogens (tertiary/aromatic N) is 1. The summed E-state index contributed by atoms with van der Waals surface area (Å²) in [5, 5.41) is 3.05. The van der Waals surface area contributed by atoms with E-state index in [1.54, 1.807) is 0 Å². The van der Waals surface area contributed by atoms with Crippen LogP contribution in [0.2, 0.25) is 0 Å². The molecule has 0 aliphatic carbocycles. The van der Waals surface area contributed by atoms with Crippen molar-refractivity contribution in [3.63, 3.8) is 0 Å². The van der Waals surface area contributed by atoms with E-state index in [9.17, 15) is 9.59 Å². The average Bonchev–Trinajstić information content (AvgIpc) is 2.53. The minimum Gasteiger partial charge on any atom is -0.351 e. The highest BCUT2D eigenvalue weighted by Gasteiger charge is 2.37. The van der Waals surface area contributed by atoms with Crippen LogP contribution in [0.1, 0.15) is 39.5 Å². The summed E-state index contributed by atoms with van der Waals surface area (Å²) in [6, 6.07) is 0.195. The number of nitrogens with one attached hydrogen (secondary N) is 1. The average molecular weight is 238 g/mol. The van der Waals surface area contributed by atoms with Crippen LogP contribution < -0.4 is 5.32 Å². The number of hydrogen-bond donors (Lipinski definition) is 1. The highest BCUT2D eigenvalue weighted by molar-refractivity contribution is 5.78. The smallest absolute Gasteiger partial charge is 0.222 e. The van der Waals surface area contributed by atoms with E-state index in [2.05, 4.69) is 19.2 Å². The van der Waals surface area contributed by atoms with Crippen LogP contribution in [0.25, 0.3) is 0 Å². The molecule has 2 heterocycles. The lowest BCUT2D eigenvalue weighted by Gasteiger charge is -2.18. The van der Waals surface area contributed by atoms with Crippen LogP contribution in [-0.4, -0.2) is 35.8 Å². The second-order valence-electron chi connectivity index (χ2n) is 5.72. The Morgan fingerprint density at radius 1 is 1.47 bits per heavy atom. The second-order valence-corrected chi connectivity index (χ2v) is 5.72. The molecule has 17 heavy (non-hydrogen) atoms. The normalized spacial score (nSPS) is 28.9. The zero-order chi connectivity index (χ0) is 12.4. The Kier molecular flexibility index (Phi) is 3.69. The molecule has 2 amide bonds. The fourth-order valence-electron chi connectivity index (χ4n) is 2.81. The molecule has 4 heteroatoms. The van der Waals surface area contributed by atoms with Gasteiger partial charge in [-0.15, -0.1) is 0 Å². The summed E-state index contributed by atoms with van der Waals surface area (Å²) in [5.41, 5.74) is 0. The molecule has 4 nitrogen and oxygen atoms in total. The molecular weight excluding hydrogens is 216 g/mol. The maximum Gasteiger partial charge on any atom is 0.222 e. The number of fused-ring (bicyclic) bond motifs is 1. The highest BCUT2D eigenvalue weighted by atomic mass is 16.2. The van der Waals surface area contributed by atoms with Gasteiger partial charge in [-0.05, 0) is 24.7 Å². The largest absolute Gasteiger partial charge is 0.351 e. The summed E-state index contributed by atoms with van der Waals surface area (Å²) in [5.74, 6) is 1.26. The molecule has 1 N–H and O–H groups in total. The summed E-state index contributed by atoms with van der Waals surface area (Å²) in [7, 11) is 0. The molecular formula is C13H22N2O2. The first-order chi connectivity index (χ1) is 8.06. The Bertz CT molecular complexity index is 315. The predicted octanol–water partition coefficient (Wildman–Crippen LogP) is 1.16. The number of carbonyl (C=O) groups excluding carboxylic acids is 2. The van der Waals surface area contributed by atoms with Crippen molar-refractivity contribution in [2.24, 2.45) is 11.8 Å². The quantitative estimate of drug-likeness (QED) is 0.785. The van der Waals surface area contributed by atoms with E-state index < -0.39 is 0 Å². The fourth-order valence-corrected chi connectivity index (χ4v) is 2.81. The van der Waals surface area contributed by atoms with Crippen molar-refractivity contribution >= 4 is 11.8 Å². The summed E-state index contributed by atoms with van der Waals surface area (Å²) in [6.07, 6.45) is 3.29. The molecule has 2 rings (SSSR count). The van der Waals surface area contributed by atoms with E-state index in [4.69, 9.17) is 0 Å². The molecule has 96 valence electrons. The maximum atomic E-state index is 12.0. The summed E-state index contributed by atoms with van der Waals surface area (Å²) in [4.78, 5) is 25.4. The minimum absolute atomic E-state index is 0.149. The van der Waals surface area contributed by atoms with Crippen LogP contribution in [0.3, 0.4) is 0 Å². The van der Waals surface area contributed by atoms with Gasteiger partial charge in [0.1, 0.15) is 0 Å². The predicted molar refractivity (Wildman–Crippen MR) is 65.3 cm³/mol. The van der Waals surface area contributed by atoms with Crippen molar-refractivity contribution in [1.29, 1.82) is 0 Å². The molecule has 2 saturated heterocycles. The van der Waals surface area contributed by atoms with E-state index >= 15 is 0 Å². The van der Waals surface area contributed by atoms with Crippen molar-refractivity contribution in [3.05, 3.63) is 0 Å². The Balaban J connectivity index is 1.94. The molecule has 0 unspecified atom stereocenters. The number of carbonyl (C=O) groups is 2. The van der Waals surface area contributed by atoms with Crippen molar-refractivity contribution in [2.45, 2.75) is 45.6 Å². The number of likely N-dealkylation sites (tertiary alicyclic amines) is 1. The van der Waals surface area contributed by atoms with Crippen LogP contribution in [0, 0.1) is 11.8 Å². The summed E-state index contributed by atoms with van der Waals surface area (Å²) in [6.45, 7) is 5.67. The Hall–Kier alpha value is -1.06. The SMILES string of the molecule is CC(C)CC(=O)N1C[C@H]2CCCC(=O)N[C@H]2C1. The van der Waals surface area contributed by atoms with Gasteiger partial charge < -0.3 is 10.2 Å². The third-order valence-electron chi connectivity index (χ3n) is 3.70. The van der Waals surface area contributed by atoms with Crippen molar-refractivity contribution in [1.82, 2.24) is 10.2 Å². The molecule has 2 aliphatic heterocycles. The number of hydrogen-bond acceptors (Lipinski definition) is 2. The molecule has 2 atom stereocenters. The van der Waals surface area contributed by atoms with Crippen LogP contribution in [-0.2, 0) is 9.59 Å². The van der Waals surface area contributed by atoms with E-state index in [0.717, 1.165) is 19.4 Å². The van der Waals surface area contributed by atoms with E-state index in [1.165, 1.54) is 0 Å². The summed E-state index contributed by atoms with van der Waals surface area (Å²) >= 11 is 0. The lowest BCUT2D eigenvalue weighted by atomic mass is 9.99. The monoisotopic (exact) mass is 238 g/mol. The molecule has 0 aromatic rings. The molecule has 0 aromatic carbocycles. The highest BCUT2D eigenvalue weighted by Crippen LogP contribution is 2.26. The van der Waals surface area contributed by atoms with Crippen molar-refractivity contribution in [2.75, 3.05) is 13.1 Å². The Morgan fingerprint density at radius 2 is 2.24 bits per heavy atom.